The predicted molar refractivity (Wildman–Crippen MR) is 81.0 cm³/mol. The highest BCUT2D eigenvalue weighted by molar-refractivity contribution is 5.61. The molecule has 3 heteroatoms. The number of hydrogen-bond acceptors (Lipinski definition) is 3. The molecule has 0 fully saturated rings. The lowest BCUT2D eigenvalue weighted by Gasteiger charge is -2.19. The number of nitrogens with zero attached hydrogens (tertiary/aromatic N) is 2. The first-order valence-corrected chi connectivity index (χ1v) is 6.57. The zero-order chi connectivity index (χ0) is 13.8. The highest BCUT2D eigenvalue weighted by Crippen LogP contribution is 2.24. The van der Waals surface area contributed by atoms with Crippen molar-refractivity contribution in [1.82, 2.24) is 4.98 Å². The molecule has 0 amide bonds. The van der Waals surface area contributed by atoms with Crippen LogP contribution in [0.2, 0.25) is 0 Å². The lowest BCUT2D eigenvalue weighted by molar-refractivity contribution is 0.955. The Balaban J connectivity index is 2.25. The largest absolute Gasteiger partial charge is 0.330 e. The van der Waals surface area contributed by atoms with E-state index < -0.39 is 0 Å². The molecular formula is C16H21N3. The first-order chi connectivity index (χ1) is 9.10. The summed E-state index contributed by atoms with van der Waals surface area (Å²) in [6.07, 6.45) is 2.78. The SMILES string of the molecule is Cc1cc(C)cc(N(C)c2ccc(CCN)cn2)c1. The lowest BCUT2D eigenvalue weighted by Crippen LogP contribution is -2.12. The Morgan fingerprint density at radius 1 is 1.11 bits per heavy atom. The van der Waals surface area contributed by atoms with Crippen LogP contribution >= 0.6 is 0 Å². The van der Waals surface area contributed by atoms with Crippen molar-refractivity contribution < 1.29 is 0 Å². The molecule has 0 atom stereocenters. The van der Waals surface area contributed by atoms with Crippen molar-refractivity contribution in [3.8, 4) is 0 Å². The van der Waals surface area contributed by atoms with Crippen LogP contribution in [0, 0.1) is 13.8 Å². The number of nitrogens with two attached hydrogens (primary N) is 1. The summed E-state index contributed by atoms with van der Waals surface area (Å²) in [5.41, 5.74) is 10.4. The van der Waals surface area contributed by atoms with Gasteiger partial charge in [0, 0.05) is 18.9 Å². The molecule has 100 valence electrons. The van der Waals surface area contributed by atoms with Gasteiger partial charge >= 0.3 is 0 Å². The average molecular weight is 255 g/mol. The Kier molecular flexibility index (Phi) is 4.17. The number of anilines is 2. The molecule has 0 unspecified atom stereocenters. The van der Waals surface area contributed by atoms with Crippen LogP contribution in [0.3, 0.4) is 0 Å². The van der Waals surface area contributed by atoms with Gasteiger partial charge in [-0.15, -0.1) is 0 Å². The van der Waals surface area contributed by atoms with Crippen molar-refractivity contribution in [2.24, 2.45) is 5.73 Å². The third kappa shape index (κ3) is 3.32. The van der Waals surface area contributed by atoms with Crippen LogP contribution in [-0.4, -0.2) is 18.6 Å². The standard InChI is InChI=1S/C16H21N3/c1-12-8-13(2)10-15(9-12)19(3)16-5-4-14(6-7-17)11-18-16/h4-5,8-11H,6-7,17H2,1-3H3. The minimum atomic E-state index is 0.661. The molecule has 0 saturated heterocycles. The summed E-state index contributed by atoms with van der Waals surface area (Å²) in [5.74, 6) is 0.950. The van der Waals surface area contributed by atoms with Crippen molar-refractivity contribution in [2.45, 2.75) is 20.3 Å². The molecule has 0 aliphatic heterocycles. The second-order valence-corrected chi connectivity index (χ2v) is 4.97. The summed E-state index contributed by atoms with van der Waals surface area (Å²) >= 11 is 0. The number of rotatable bonds is 4. The fourth-order valence-electron chi connectivity index (χ4n) is 2.21. The topological polar surface area (TPSA) is 42.1 Å². The van der Waals surface area contributed by atoms with E-state index in [9.17, 15) is 0 Å². The van der Waals surface area contributed by atoms with Gasteiger partial charge in [0.05, 0.1) is 0 Å². The third-order valence-corrected chi connectivity index (χ3v) is 3.18. The lowest BCUT2D eigenvalue weighted by atomic mass is 10.1. The van der Waals surface area contributed by atoms with Gasteiger partial charge in [-0.1, -0.05) is 12.1 Å². The Morgan fingerprint density at radius 2 is 1.79 bits per heavy atom. The Hall–Kier alpha value is -1.87. The van der Waals surface area contributed by atoms with Crippen LogP contribution in [0.5, 0.6) is 0 Å². The second-order valence-electron chi connectivity index (χ2n) is 4.97. The monoisotopic (exact) mass is 255 g/mol. The van der Waals surface area contributed by atoms with E-state index in [1.54, 1.807) is 0 Å². The fraction of sp³-hybridized carbons (Fsp3) is 0.312. The second kappa shape index (κ2) is 5.85. The van der Waals surface area contributed by atoms with Gasteiger partial charge in [0.25, 0.3) is 0 Å². The van der Waals surface area contributed by atoms with Gasteiger partial charge in [-0.3, -0.25) is 0 Å². The van der Waals surface area contributed by atoms with Crippen LogP contribution in [0.4, 0.5) is 11.5 Å². The van der Waals surface area contributed by atoms with Crippen LogP contribution in [0.15, 0.2) is 36.5 Å². The fourth-order valence-corrected chi connectivity index (χ4v) is 2.21. The molecule has 1 aromatic heterocycles. The minimum Gasteiger partial charge on any atom is -0.330 e. The molecule has 19 heavy (non-hydrogen) atoms. The summed E-state index contributed by atoms with van der Waals surface area (Å²) in [5, 5.41) is 0. The van der Waals surface area contributed by atoms with Gasteiger partial charge in [0.15, 0.2) is 0 Å². The molecular weight excluding hydrogens is 234 g/mol. The molecule has 0 bridgehead atoms. The van der Waals surface area contributed by atoms with E-state index in [4.69, 9.17) is 5.73 Å². The van der Waals surface area contributed by atoms with Gasteiger partial charge < -0.3 is 10.6 Å². The predicted octanol–water partition coefficient (Wildman–Crippen LogP) is 2.97. The average Bonchev–Trinajstić information content (AvgIpc) is 2.38. The van der Waals surface area contributed by atoms with E-state index in [-0.39, 0.29) is 0 Å². The van der Waals surface area contributed by atoms with Crippen LogP contribution in [0.1, 0.15) is 16.7 Å². The number of pyridine rings is 1. The van der Waals surface area contributed by atoms with Crippen molar-refractivity contribution in [1.29, 1.82) is 0 Å². The van der Waals surface area contributed by atoms with Gasteiger partial charge in [0.1, 0.15) is 5.82 Å². The van der Waals surface area contributed by atoms with E-state index in [0.717, 1.165) is 17.9 Å². The van der Waals surface area contributed by atoms with E-state index in [2.05, 4.69) is 48.0 Å². The van der Waals surface area contributed by atoms with E-state index in [1.165, 1.54) is 16.7 Å². The van der Waals surface area contributed by atoms with Crippen molar-refractivity contribution >= 4 is 11.5 Å². The number of benzene rings is 1. The quantitative estimate of drug-likeness (QED) is 0.913. The van der Waals surface area contributed by atoms with Crippen LogP contribution < -0.4 is 10.6 Å². The molecule has 3 nitrogen and oxygen atoms in total. The van der Waals surface area contributed by atoms with E-state index >= 15 is 0 Å². The maximum atomic E-state index is 5.54. The van der Waals surface area contributed by atoms with E-state index in [1.807, 2.05) is 19.3 Å². The summed E-state index contributed by atoms with van der Waals surface area (Å²) in [7, 11) is 2.04. The molecule has 2 N–H and O–H groups in total. The molecule has 0 radical (unpaired) electrons. The van der Waals surface area contributed by atoms with Crippen LogP contribution in [-0.2, 0) is 6.42 Å². The molecule has 2 aromatic rings. The van der Waals surface area contributed by atoms with Crippen molar-refractivity contribution in [3.05, 3.63) is 53.2 Å². The van der Waals surface area contributed by atoms with Crippen LogP contribution in [0.25, 0.3) is 0 Å². The Bertz CT molecular complexity index is 526. The highest BCUT2D eigenvalue weighted by atomic mass is 15.2. The number of aromatic nitrogens is 1. The van der Waals surface area contributed by atoms with Gasteiger partial charge in [-0.2, -0.15) is 0 Å². The van der Waals surface area contributed by atoms with Crippen molar-refractivity contribution in [2.75, 3.05) is 18.5 Å². The molecule has 2 rings (SSSR count). The van der Waals surface area contributed by atoms with Gasteiger partial charge in [-0.05, 0) is 61.7 Å². The van der Waals surface area contributed by atoms with Gasteiger partial charge in [0.2, 0.25) is 0 Å². The molecule has 0 spiro atoms. The minimum absolute atomic E-state index is 0.661. The third-order valence-electron chi connectivity index (χ3n) is 3.18. The highest BCUT2D eigenvalue weighted by Gasteiger charge is 2.06. The van der Waals surface area contributed by atoms with E-state index in [0.29, 0.717) is 6.54 Å². The van der Waals surface area contributed by atoms with Gasteiger partial charge in [-0.25, -0.2) is 4.98 Å². The Morgan fingerprint density at radius 3 is 2.32 bits per heavy atom. The molecule has 1 heterocycles. The number of aryl methyl sites for hydroxylation is 2. The van der Waals surface area contributed by atoms with Crippen molar-refractivity contribution in [3.63, 3.8) is 0 Å². The molecule has 1 aromatic carbocycles. The summed E-state index contributed by atoms with van der Waals surface area (Å²) in [4.78, 5) is 6.61. The maximum absolute atomic E-state index is 5.54. The smallest absolute Gasteiger partial charge is 0.132 e. The first kappa shape index (κ1) is 13.6. The summed E-state index contributed by atoms with van der Waals surface area (Å²) in [6, 6.07) is 10.6. The molecule has 0 aliphatic carbocycles. The normalized spacial score (nSPS) is 10.5. The summed E-state index contributed by atoms with van der Waals surface area (Å²) < 4.78 is 0. The molecule has 0 saturated carbocycles. The first-order valence-electron chi connectivity index (χ1n) is 6.57. The maximum Gasteiger partial charge on any atom is 0.132 e. The zero-order valence-electron chi connectivity index (χ0n) is 11.9. The molecule has 0 aliphatic rings. The zero-order valence-corrected chi connectivity index (χ0v) is 11.9. The Labute approximate surface area is 115 Å². The summed E-state index contributed by atoms with van der Waals surface area (Å²) in [6.45, 7) is 4.89. The number of hydrogen-bond donors (Lipinski definition) is 1.